The molecular weight excluding hydrogens is 420 g/mol. The van der Waals surface area contributed by atoms with Gasteiger partial charge in [0.05, 0.1) is 29.9 Å². The molecule has 0 unspecified atom stereocenters. The smallest absolute Gasteiger partial charge is 0.318 e. The second kappa shape index (κ2) is 7.61. The molecule has 0 saturated carbocycles. The Balaban J connectivity index is 1.23. The second-order valence-corrected chi connectivity index (χ2v) is 9.91. The normalized spacial score (nSPS) is 18.7. The lowest BCUT2D eigenvalue weighted by atomic mass is 10.2. The zero-order valence-corrected chi connectivity index (χ0v) is 18.0. The van der Waals surface area contributed by atoms with Gasteiger partial charge < -0.3 is 24.3 Å². The predicted molar refractivity (Wildman–Crippen MR) is 114 cm³/mol. The summed E-state index contributed by atoms with van der Waals surface area (Å²) in [7, 11) is -1.71. The lowest BCUT2D eigenvalue weighted by Crippen LogP contribution is -2.41. The molecule has 0 fully saturated rings. The minimum atomic E-state index is -3.64. The Labute approximate surface area is 180 Å². The van der Waals surface area contributed by atoms with Crippen LogP contribution >= 0.6 is 0 Å². The van der Waals surface area contributed by atoms with Gasteiger partial charge in [0.1, 0.15) is 18.1 Å². The molecule has 4 heterocycles. The highest BCUT2D eigenvalue weighted by atomic mass is 32.2. The molecule has 1 N–H and O–H groups in total. The van der Waals surface area contributed by atoms with Crippen molar-refractivity contribution >= 4 is 21.7 Å². The molecule has 0 bridgehead atoms. The zero-order chi connectivity index (χ0) is 21.6. The SMILES string of the molecule is CN1CCOc2ccc(S(=O)(=O)N3CC4=C(CN(C(=O)NCc5ccco5)C4)C3)cc21. The van der Waals surface area contributed by atoms with Crippen molar-refractivity contribution in [3.05, 3.63) is 53.5 Å². The first-order chi connectivity index (χ1) is 14.9. The summed E-state index contributed by atoms with van der Waals surface area (Å²) in [5.74, 6) is 1.39. The first-order valence-corrected chi connectivity index (χ1v) is 11.6. The maximum absolute atomic E-state index is 13.2. The molecule has 31 heavy (non-hydrogen) atoms. The van der Waals surface area contributed by atoms with Gasteiger partial charge in [-0.05, 0) is 41.5 Å². The van der Waals surface area contributed by atoms with Crippen molar-refractivity contribution < 1.29 is 22.4 Å². The number of rotatable bonds is 4. The molecule has 0 aliphatic carbocycles. The fourth-order valence-electron chi connectivity index (χ4n) is 4.19. The standard InChI is InChI=1S/C21H24N4O5S/c1-23-6-8-30-20-5-4-18(9-19(20)23)31(27,28)25-13-15-11-24(12-16(15)14-25)21(26)22-10-17-3-2-7-29-17/h2-5,7,9H,6,8,10-14H2,1H3,(H,22,26). The number of hydrogen-bond donors (Lipinski definition) is 1. The summed E-state index contributed by atoms with van der Waals surface area (Å²) in [6, 6.07) is 8.40. The molecule has 9 nitrogen and oxygen atoms in total. The maximum Gasteiger partial charge on any atom is 0.318 e. The first-order valence-electron chi connectivity index (χ1n) is 10.1. The van der Waals surface area contributed by atoms with E-state index >= 15 is 0 Å². The molecule has 10 heteroatoms. The van der Waals surface area contributed by atoms with Crippen molar-refractivity contribution in [1.29, 1.82) is 0 Å². The summed E-state index contributed by atoms with van der Waals surface area (Å²) in [6.45, 7) is 3.12. The Morgan fingerprint density at radius 2 is 1.90 bits per heavy atom. The Morgan fingerprint density at radius 3 is 2.61 bits per heavy atom. The summed E-state index contributed by atoms with van der Waals surface area (Å²) >= 11 is 0. The average molecular weight is 445 g/mol. The molecular formula is C21H24N4O5S. The summed E-state index contributed by atoms with van der Waals surface area (Å²) in [4.78, 5) is 16.4. The van der Waals surface area contributed by atoms with E-state index in [9.17, 15) is 13.2 Å². The molecule has 0 saturated heterocycles. The number of nitrogens with zero attached hydrogens (tertiary/aromatic N) is 3. The van der Waals surface area contributed by atoms with Gasteiger partial charge in [0.2, 0.25) is 10.0 Å². The van der Waals surface area contributed by atoms with Crippen LogP contribution in [0.4, 0.5) is 10.5 Å². The van der Waals surface area contributed by atoms with Gasteiger partial charge in [0.15, 0.2) is 0 Å². The number of anilines is 1. The fraction of sp³-hybridized carbons (Fsp3) is 0.381. The number of fused-ring (bicyclic) bond motifs is 1. The summed E-state index contributed by atoms with van der Waals surface area (Å²) in [6.07, 6.45) is 1.57. The number of urea groups is 1. The van der Waals surface area contributed by atoms with Crippen molar-refractivity contribution in [2.24, 2.45) is 0 Å². The Bertz CT molecular complexity index is 1120. The van der Waals surface area contributed by atoms with E-state index in [1.54, 1.807) is 41.5 Å². The molecule has 0 radical (unpaired) electrons. The van der Waals surface area contributed by atoms with Crippen LogP contribution in [0.5, 0.6) is 5.75 Å². The number of amides is 2. The maximum atomic E-state index is 13.2. The van der Waals surface area contributed by atoms with Gasteiger partial charge in [0, 0.05) is 33.2 Å². The second-order valence-electron chi connectivity index (χ2n) is 7.97. The number of carbonyl (C=O) groups excluding carboxylic acids is 1. The number of nitrogens with one attached hydrogen (secondary N) is 1. The molecule has 2 aromatic rings. The number of furan rings is 1. The molecule has 1 aromatic carbocycles. The van der Waals surface area contributed by atoms with Crippen LogP contribution in [0.1, 0.15) is 5.76 Å². The van der Waals surface area contributed by atoms with Crippen LogP contribution in [-0.2, 0) is 16.6 Å². The minimum absolute atomic E-state index is 0.182. The van der Waals surface area contributed by atoms with Crippen LogP contribution in [0.15, 0.2) is 57.1 Å². The van der Waals surface area contributed by atoms with E-state index in [4.69, 9.17) is 9.15 Å². The van der Waals surface area contributed by atoms with E-state index in [1.165, 1.54) is 4.31 Å². The van der Waals surface area contributed by atoms with Gasteiger partial charge in [-0.3, -0.25) is 0 Å². The third-order valence-electron chi connectivity index (χ3n) is 5.94. The van der Waals surface area contributed by atoms with E-state index in [2.05, 4.69) is 5.32 Å². The topological polar surface area (TPSA) is 95.3 Å². The molecule has 5 rings (SSSR count). The summed E-state index contributed by atoms with van der Waals surface area (Å²) in [5.41, 5.74) is 2.77. The summed E-state index contributed by atoms with van der Waals surface area (Å²) < 4.78 is 38.8. The van der Waals surface area contributed by atoms with E-state index in [0.29, 0.717) is 57.4 Å². The van der Waals surface area contributed by atoms with Crippen LogP contribution < -0.4 is 15.0 Å². The van der Waals surface area contributed by atoms with Crippen LogP contribution in [0, 0.1) is 0 Å². The van der Waals surface area contributed by atoms with Gasteiger partial charge in [-0.25, -0.2) is 13.2 Å². The van der Waals surface area contributed by atoms with Crippen LogP contribution in [0.25, 0.3) is 0 Å². The van der Waals surface area contributed by atoms with Gasteiger partial charge in [-0.2, -0.15) is 4.31 Å². The van der Waals surface area contributed by atoms with E-state index < -0.39 is 10.0 Å². The zero-order valence-electron chi connectivity index (χ0n) is 17.2. The predicted octanol–water partition coefficient (Wildman–Crippen LogP) is 1.63. The van der Waals surface area contributed by atoms with Gasteiger partial charge >= 0.3 is 6.03 Å². The van der Waals surface area contributed by atoms with Crippen LogP contribution in [-0.4, -0.2) is 70.0 Å². The third-order valence-corrected chi connectivity index (χ3v) is 7.73. The Hall–Kier alpha value is -2.98. The lowest BCUT2D eigenvalue weighted by molar-refractivity contribution is 0.207. The first kappa shape index (κ1) is 20.0. The number of hydrogen-bond acceptors (Lipinski definition) is 6. The number of ether oxygens (including phenoxy) is 1. The average Bonchev–Trinajstić information content (AvgIpc) is 3.48. The highest BCUT2D eigenvalue weighted by Gasteiger charge is 2.38. The minimum Gasteiger partial charge on any atom is -0.490 e. The van der Waals surface area contributed by atoms with Crippen molar-refractivity contribution in [2.75, 3.05) is 51.3 Å². The third kappa shape index (κ3) is 3.66. The van der Waals surface area contributed by atoms with Gasteiger partial charge in [-0.1, -0.05) is 0 Å². The molecule has 1 aromatic heterocycles. The quantitative estimate of drug-likeness (QED) is 0.721. The number of carbonyl (C=O) groups is 1. The van der Waals surface area contributed by atoms with Gasteiger partial charge in [0.25, 0.3) is 0 Å². The molecule has 164 valence electrons. The molecule has 3 aliphatic rings. The van der Waals surface area contributed by atoms with E-state index in [0.717, 1.165) is 16.8 Å². The lowest BCUT2D eigenvalue weighted by Gasteiger charge is -2.28. The summed E-state index contributed by atoms with van der Waals surface area (Å²) in [5, 5.41) is 2.83. The van der Waals surface area contributed by atoms with Crippen molar-refractivity contribution in [3.63, 3.8) is 0 Å². The highest BCUT2D eigenvalue weighted by molar-refractivity contribution is 7.89. The van der Waals surface area contributed by atoms with Crippen LogP contribution in [0.2, 0.25) is 0 Å². The van der Waals surface area contributed by atoms with Crippen LogP contribution in [0.3, 0.4) is 0 Å². The van der Waals surface area contributed by atoms with Crippen molar-refractivity contribution in [1.82, 2.24) is 14.5 Å². The van der Waals surface area contributed by atoms with Gasteiger partial charge in [-0.15, -0.1) is 0 Å². The Morgan fingerprint density at radius 1 is 1.13 bits per heavy atom. The molecule has 0 atom stereocenters. The largest absolute Gasteiger partial charge is 0.490 e. The monoisotopic (exact) mass is 444 g/mol. The molecule has 3 aliphatic heterocycles. The van der Waals surface area contributed by atoms with E-state index in [-0.39, 0.29) is 10.9 Å². The van der Waals surface area contributed by atoms with Crippen molar-refractivity contribution in [2.45, 2.75) is 11.4 Å². The molecule has 0 spiro atoms. The number of likely N-dealkylation sites (N-methyl/N-ethyl adjacent to an activating group) is 1. The number of benzene rings is 1. The Kier molecular flexibility index (Phi) is 4.90. The van der Waals surface area contributed by atoms with E-state index in [1.807, 2.05) is 11.9 Å². The fourth-order valence-corrected chi connectivity index (χ4v) is 5.64. The molecule has 2 amide bonds. The van der Waals surface area contributed by atoms with Crippen molar-refractivity contribution in [3.8, 4) is 5.75 Å². The highest BCUT2D eigenvalue weighted by Crippen LogP contribution is 2.35. The number of sulfonamides is 1.